The van der Waals surface area contributed by atoms with Crippen LogP contribution in [0.25, 0.3) is 0 Å². The first-order valence-corrected chi connectivity index (χ1v) is 6.35. The summed E-state index contributed by atoms with van der Waals surface area (Å²) in [5.41, 5.74) is 7.89. The van der Waals surface area contributed by atoms with Gasteiger partial charge in [0.2, 0.25) is 5.91 Å². The van der Waals surface area contributed by atoms with E-state index in [2.05, 4.69) is 12.1 Å². The van der Waals surface area contributed by atoms with Crippen LogP contribution in [-0.2, 0) is 17.9 Å². The first-order valence-electron chi connectivity index (χ1n) is 6.35. The lowest BCUT2D eigenvalue weighted by Gasteiger charge is -2.20. The summed E-state index contributed by atoms with van der Waals surface area (Å²) in [5.74, 6) is 0.297. The number of nitrogens with two attached hydrogens (primary N) is 1. The summed E-state index contributed by atoms with van der Waals surface area (Å²) < 4.78 is 0. The van der Waals surface area contributed by atoms with Gasteiger partial charge in [-0.3, -0.25) is 4.79 Å². The molecule has 0 aromatic heterocycles. The maximum atomic E-state index is 11.8. The standard InChI is InChI=1S/C14H20N2O/c15-10-12-5-7-13(8-6-12)11-16-9-3-1-2-4-14(16)17/h5-8H,1-4,9-11,15H2. The minimum Gasteiger partial charge on any atom is -0.338 e. The van der Waals surface area contributed by atoms with Crippen molar-refractivity contribution in [3.8, 4) is 0 Å². The molecule has 1 aliphatic heterocycles. The predicted octanol–water partition coefficient (Wildman–Crippen LogP) is 2.05. The zero-order valence-electron chi connectivity index (χ0n) is 10.2. The molecule has 1 aromatic rings. The first-order chi connectivity index (χ1) is 8.29. The van der Waals surface area contributed by atoms with Crippen LogP contribution in [0.2, 0.25) is 0 Å². The van der Waals surface area contributed by atoms with Crippen LogP contribution in [0.4, 0.5) is 0 Å². The van der Waals surface area contributed by atoms with E-state index < -0.39 is 0 Å². The molecule has 0 saturated carbocycles. The number of hydrogen-bond donors (Lipinski definition) is 1. The van der Waals surface area contributed by atoms with E-state index in [1.165, 1.54) is 12.0 Å². The summed E-state index contributed by atoms with van der Waals surface area (Å²) in [6.07, 6.45) is 4.06. The summed E-state index contributed by atoms with van der Waals surface area (Å²) >= 11 is 0. The highest BCUT2D eigenvalue weighted by Crippen LogP contribution is 2.14. The second-order valence-electron chi connectivity index (χ2n) is 4.65. The SMILES string of the molecule is NCc1ccc(CN2CCCCCC2=O)cc1. The van der Waals surface area contributed by atoms with Crippen molar-refractivity contribution in [2.45, 2.75) is 38.8 Å². The maximum absolute atomic E-state index is 11.8. The molecule has 0 atom stereocenters. The van der Waals surface area contributed by atoms with Crippen LogP contribution < -0.4 is 5.73 Å². The molecule has 1 fully saturated rings. The minimum atomic E-state index is 0.297. The molecule has 1 aliphatic rings. The molecule has 2 N–H and O–H groups in total. The van der Waals surface area contributed by atoms with E-state index in [0.717, 1.165) is 31.5 Å². The molecular formula is C14H20N2O. The van der Waals surface area contributed by atoms with Crippen molar-refractivity contribution in [2.24, 2.45) is 5.73 Å². The molecule has 1 amide bonds. The summed E-state index contributed by atoms with van der Waals surface area (Å²) in [5, 5.41) is 0. The van der Waals surface area contributed by atoms with Crippen molar-refractivity contribution in [1.82, 2.24) is 4.90 Å². The van der Waals surface area contributed by atoms with Crippen molar-refractivity contribution in [3.63, 3.8) is 0 Å². The van der Waals surface area contributed by atoms with E-state index in [9.17, 15) is 4.79 Å². The van der Waals surface area contributed by atoms with Gasteiger partial charge in [-0.25, -0.2) is 0 Å². The van der Waals surface area contributed by atoms with Crippen LogP contribution >= 0.6 is 0 Å². The second-order valence-corrected chi connectivity index (χ2v) is 4.65. The molecule has 3 nitrogen and oxygen atoms in total. The quantitative estimate of drug-likeness (QED) is 0.867. The molecular weight excluding hydrogens is 212 g/mol. The van der Waals surface area contributed by atoms with Gasteiger partial charge in [0.05, 0.1) is 0 Å². The Morgan fingerprint density at radius 3 is 2.47 bits per heavy atom. The number of amides is 1. The Hall–Kier alpha value is -1.35. The normalized spacial score (nSPS) is 17.0. The average Bonchev–Trinajstić information content (AvgIpc) is 2.56. The summed E-state index contributed by atoms with van der Waals surface area (Å²) in [4.78, 5) is 13.8. The number of nitrogens with zero attached hydrogens (tertiary/aromatic N) is 1. The van der Waals surface area contributed by atoms with Crippen molar-refractivity contribution in [3.05, 3.63) is 35.4 Å². The molecule has 17 heavy (non-hydrogen) atoms. The summed E-state index contributed by atoms with van der Waals surface area (Å²) in [7, 11) is 0. The van der Waals surface area contributed by atoms with Crippen LogP contribution in [0, 0.1) is 0 Å². The fourth-order valence-electron chi connectivity index (χ4n) is 2.21. The molecule has 1 aromatic carbocycles. The third kappa shape index (κ3) is 3.30. The molecule has 0 aliphatic carbocycles. The molecule has 1 saturated heterocycles. The van der Waals surface area contributed by atoms with Gasteiger partial charge < -0.3 is 10.6 Å². The fraction of sp³-hybridized carbons (Fsp3) is 0.500. The molecule has 1 heterocycles. The van der Waals surface area contributed by atoms with E-state index in [1.54, 1.807) is 0 Å². The van der Waals surface area contributed by atoms with Gasteiger partial charge in [0.25, 0.3) is 0 Å². The van der Waals surface area contributed by atoms with Crippen molar-refractivity contribution in [1.29, 1.82) is 0 Å². The van der Waals surface area contributed by atoms with E-state index in [-0.39, 0.29) is 0 Å². The monoisotopic (exact) mass is 232 g/mol. The predicted molar refractivity (Wildman–Crippen MR) is 68.2 cm³/mol. The highest BCUT2D eigenvalue weighted by molar-refractivity contribution is 5.76. The van der Waals surface area contributed by atoms with Crippen LogP contribution in [0.1, 0.15) is 36.8 Å². The summed E-state index contributed by atoms with van der Waals surface area (Å²) in [6.45, 7) is 2.21. The van der Waals surface area contributed by atoms with Crippen LogP contribution in [-0.4, -0.2) is 17.4 Å². The highest BCUT2D eigenvalue weighted by Gasteiger charge is 2.16. The summed E-state index contributed by atoms with van der Waals surface area (Å²) in [6, 6.07) is 8.22. The lowest BCUT2D eigenvalue weighted by Crippen LogP contribution is -2.29. The van der Waals surface area contributed by atoms with Gasteiger partial charge >= 0.3 is 0 Å². The van der Waals surface area contributed by atoms with Gasteiger partial charge in [-0.05, 0) is 24.0 Å². The number of carbonyl (C=O) groups excluding carboxylic acids is 1. The molecule has 0 spiro atoms. The highest BCUT2D eigenvalue weighted by atomic mass is 16.2. The van der Waals surface area contributed by atoms with Gasteiger partial charge in [0.15, 0.2) is 0 Å². The van der Waals surface area contributed by atoms with E-state index in [4.69, 9.17) is 5.73 Å². The Kier molecular flexibility index (Phi) is 4.15. The Bertz CT molecular complexity index is 372. The molecule has 0 unspecified atom stereocenters. The molecule has 0 radical (unpaired) electrons. The zero-order chi connectivity index (χ0) is 12.1. The largest absolute Gasteiger partial charge is 0.338 e. The van der Waals surface area contributed by atoms with Crippen molar-refractivity contribution < 1.29 is 4.79 Å². The van der Waals surface area contributed by atoms with Gasteiger partial charge in [0, 0.05) is 26.1 Å². The Morgan fingerprint density at radius 1 is 1.06 bits per heavy atom. The Balaban J connectivity index is 2.00. The maximum Gasteiger partial charge on any atom is 0.222 e. The number of rotatable bonds is 3. The average molecular weight is 232 g/mol. The van der Waals surface area contributed by atoms with Crippen molar-refractivity contribution in [2.75, 3.05) is 6.54 Å². The Morgan fingerprint density at radius 2 is 1.76 bits per heavy atom. The lowest BCUT2D eigenvalue weighted by atomic mass is 10.1. The van der Waals surface area contributed by atoms with Gasteiger partial charge in [-0.2, -0.15) is 0 Å². The fourth-order valence-corrected chi connectivity index (χ4v) is 2.21. The van der Waals surface area contributed by atoms with Crippen LogP contribution in [0.3, 0.4) is 0 Å². The second kappa shape index (κ2) is 5.82. The van der Waals surface area contributed by atoms with Crippen molar-refractivity contribution >= 4 is 5.91 Å². The van der Waals surface area contributed by atoms with E-state index in [1.807, 2.05) is 17.0 Å². The number of benzene rings is 1. The Labute approximate surface area is 103 Å². The third-order valence-corrected chi connectivity index (χ3v) is 3.30. The molecule has 92 valence electrons. The van der Waals surface area contributed by atoms with Crippen LogP contribution in [0.15, 0.2) is 24.3 Å². The smallest absolute Gasteiger partial charge is 0.222 e. The zero-order valence-corrected chi connectivity index (χ0v) is 10.2. The molecule has 0 bridgehead atoms. The van der Waals surface area contributed by atoms with E-state index in [0.29, 0.717) is 18.9 Å². The number of hydrogen-bond acceptors (Lipinski definition) is 2. The topological polar surface area (TPSA) is 46.3 Å². The van der Waals surface area contributed by atoms with Gasteiger partial charge in [-0.15, -0.1) is 0 Å². The van der Waals surface area contributed by atoms with E-state index >= 15 is 0 Å². The number of carbonyl (C=O) groups is 1. The minimum absolute atomic E-state index is 0.297. The van der Waals surface area contributed by atoms with Crippen LogP contribution in [0.5, 0.6) is 0 Å². The van der Waals surface area contributed by atoms with Gasteiger partial charge in [-0.1, -0.05) is 30.7 Å². The first kappa shape index (κ1) is 12.1. The lowest BCUT2D eigenvalue weighted by molar-refractivity contribution is -0.131. The molecule has 3 heteroatoms. The molecule has 2 rings (SSSR count). The third-order valence-electron chi connectivity index (χ3n) is 3.30. The number of likely N-dealkylation sites (tertiary alicyclic amines) is 1. The van der Waals surface area contributed by atoms with Gasteiger partial charge in [0.1, 0.15) is 0 Å².